The quantitative estimate of drug-likeness (QED) is 0.704. The number of aliphatic carboxylic acids is 1. The number of carbonyl (C=O) groups is 3. The topological polar surface area (TPSA) is 108 Å². The third kappa shape index (κ3) is 3.11. The third-order valence-corrected chi connectivity index (χ3v) is 3.13. The van der Waals surface area contributed by atoms with Gasteiger partial charge in [-0.15, -0.1) is 0 Å². The molecule has 0 saturated heterocycles. The van der Waals surface area contributed by atoms with Gasteiger partial charge in [-0.25, -0.2) is 4.79 Å². The van der Waals surface area contributed by atoms with Crippen LogP contribution in [0.4, 0.5) is 0 Å². The van der Waals surface area contributed by atoms with Gasteiger partial charge in [0.15, 0.2) is 0 Å². The molecule has 106 valence electrons. The minimum atomic E-state index is -1.03. The standard InChI is InChI=1S/C13H15N3O4/c1-14-12(18)9-5-4-8(6-15-9)11(17)16-10(13(19)20)7-2-3-7/h4-7,10H,2-3H2,1H3,(H,14,18)(H,16,17)(H,19,20). The normalized spacial score (nSPS) is 15.2. The highest BCUT2D eigenvalue weighted by molar-refractivity contribution is 5.97. The lowest BCUT2D eigenvalue weighted by atomic mass is 10.1. The number of carboxylic acid groups (broad SMARTS) is 1. The molecule has 0 bridgehead atoms. The zero-order valence-electron chi connectivity index (χ0n) is 10.9. The lowest BCUT2D eigenvalue weighted by Gasteiger charge is -2.13. The van der Waals surface area contributed by atoms with Crippen LogP contribution in [0.5, 0.6) is 0 Å². The van der Waals surface area contributed by atoms with Gasteiger partial charge < -0.3 is 15.7 Å². The SMILES string of the molecule is CNC(=O)c1ccc(C(=O)NC(C(=O)O)C2CC2)cn1. The van der Waals surface area contributed by atoms with Gasteiger partial charge in [0.25, 0.3) is 11.8 Å². The van der Waals surface area contributed by atoms with E-state index in [1.165, 1.54) is 25.4 Å². The number of hydrogen-bond donors (Lipinski definition) is 3. The number of aromatic nitrogens is 1. The highest BCUT2D eigenvalue weighted by Gasteiger charge is 2.37. The van der Waals surface area contributed by atoms with E-state index in [9.17, 15) is 14.4 Å². The fourth-order valence-corrected chi connectivity index (χ4v) is 1.83. The van der Waals surface area contributed by atoms with Crippen LogP contribution in [0.1, 0.15) is 33.7 Å². The van der Waals surface area contributed by atoms with Gasteiger partial charge in [-0.2, -0.15) is 0 Å². The summed E-state index contributed by atoms with van der Waals surface area (Å²) < 4.78 is 0. The maximum Gasteiger partial charge on any atom is 0.326 e. The summed E-state index contributed by atoms with van der Waals surface area (Å²) in [4.78, 5) is 38.1. The fourth-order valence-electron chi connectivity index (χ4n) is 1.83. The van der Waals surface area contributed by atoms with Crippen LogP contribution in [0.25, 0.3) is 0 Å². The predicted molar refractivity (Wildman–Crippen MR) is 69.2 cm³/mol. The molecule has 1 aliphatic rings. The van der Waals surface area contributed by atoms with Crippen LogP contribution in [-0.4, -0.2) is 41.0 Å². The molecule has 1 heterocycles. The Labute approximate surface area is 115 Å². The molecule has 7 heteroatoms. The Balaban J connectivity index is 2.05. The van der Waals surface area contributed by atoms with E-state index in [1.807, 2.05) is 0 Å². The smallest absolute Gasteiger partial charge is 0.326 e. The van der Waals surface area contributed by atoms with Crippen LogP contribution in [-0.2, 0) is 4.79 Å². The summed E-state index contributed by atoms with van der Waals surface area (Å²) in [5, 5.41) is 13.9. The molecule has 3 N–H and O–H groups in total. The number of carbonyl (C=O) groups excluding carboxylic acids is 2. The molecule has 0 spiro atoms. The van der Waals surface area contributed by atoms with Crippen molar-refractivity contribution in [2.75, 3.05) is 7.05 Å². The van der Waals surface area contributed by atoms with E-state index in [4.69, 9.17) is 5.11 Å². The van der Waals surface area contributed by atoms with Crippen LogP contribution >= 0.6 is 0 Å². The minimum absolute atomic E-state index is 0.00884. The van der Waals surface area contributed by atoms with Crippen molar-refractivity contribution in [3.8, 4) is 0 Å². The zero-order valence-corrected chi connectivity index (χ0v) is 10.9. The van der Waals surface area contributed by atoms with Crippen LogP contribution in [0.3, 0.4) is 0 Å². The number of rotatable bonds is 5. The summed E-state index contributed by atoms with van der Waals surface area (Å²) in [5.74, 6) is -1.87. The largest absolute Gasteiger partial charge is 0.480 e. The van der Waals surface area contributed by atoms with Crippen molar-refractivity contribution in [1.82, 2.24) is 15.6 Å². The molecule has 1 atom stereocenters. The van der Waals surface area contributed by atoms with E-state index in [0.717, 1.165) is 12.8 Å². The van der Waals surface area contributed by atoms with Crippen molar-refractivity contribution in [3.05, 3.63) is 29.6 Å². The fraction of sp³-hybridized carbons (Fsp3) is 0.385. The molecular weight excluding hydrogens is 262 g/mol. The number of amides is 2. The zero-order chi connectivity index (χ0) is 14.7. The number of nitrogens with zero attached hydrogens (tertiary/aromatic N) is 1. The van der Waals surface area contributed by atoms with Crippen molar-refractivity contribution < 1.29 is 19.5 Å². The van der Waals surface area contributed by atoms with Crippen molar-refractivity contribution in [3.63, 3.8) is 0 Å². The first-order valence-electron chi connectivity index (χ1n) is 6.24. The van der Waals surface area contributed by atoms with E-state index < -0.39 is 17.9 Å². The first-order valence-corrected chi connectivity index (χ1v) is 6.24. The predicted octanol–water partition coefficient (Wildman–Crippen LogP) is 0.0342. The van der Waals surface area contributed by atoms with E-state index in [1.54, 1.807) is 0 Å². The van der Waals surface area contributed by atoms with E-state index in [-0.39, 0.29) is 23.1 Å². The molecule has 1 fully saturated rings. The Morgan fingerprint density at radius 1 is 1.30 bits per heavy atom. The summed E-state index contributed by atoms with van der Waals surface area (Å²) in [6.45, 7) is 0. The molecule has 1 aliphatic carbocycles. The summed E-state index contributed by atoms with van der Waals surface area (Å²) in [5.41, 5.74) is 0.422. The first kappa shape index (κ1) is 14.0. The Hall–Kier alpha value is -2.44. The Bertz CT molecular complexity index is 537. The monoisotopic (exact) mass is 277 g/mol. The van der Waals surface area contributed by atoms with Crippen molar-refractivity contribution in [2.45, 2.75) is 18.9 Å². The second-order valence-corrected chi connectivity index (χ2v) is 4.64. The van der Waals surface area contributed by atoms with Gasteiger partial charge in [0.1, 0.15) is 11.7 Å². The maximum absolute atomic E-state index is 11.9. The summed E-state index contributed by atoms with van der Waals surface area (Å²) in [6.07, 6.45) is 2.88. The highest BCUT2D eigenvalue weighted by Crippen LogP contribution is 2.32. The van der Waals surface area contributed by atoms with E-state index >= 15 is 0 Å². The lowest BCUT2D eigenvalue weighted by molar-refractivity contribution is -0.139. The molecular formula is C13H15N3O4. The Kier molecular flexibility index (Phi) is 3.97. The van der Waals surface area contributed by atoms with Gasteiger partial charge in [-0.1, -0.05) is 0 Å². The Morgan fingerprint density at radius 2 is 2.00 bits per heavy atom. The van der Waals surface area contributed by atoms with Gasteiger partial charge in [0.05, 0.1) is 5.56 Å². The molecule has 0 aromatic carbocycles. The van der Waals surface area contributed by atoms with E-state index in [0.29, 0.717) is 0 Å². The van der Waals surface area contributed by atoms with Crippen LogP contribution in [0.15, 0.2) is 18.3 Å². The van der Waals surface area contributed by atoms with Crippen molar-refractivity contribution in [1.29, 1.82) is 0 Å². The van der Waals surface area contributed by atoms with Gasteiger partial charge in [-0.05, 0) is 30.9 Å². The molecule has 1 aromatic heterocycles. The van der Waals surface area contributed by atoms with Crippen LogP contribution in [0, 0.1) is 5.92 Å². The van der Waals surface area contributed by atoms with Gasteiger partial charge in [0, 0.05) is 13.2 Å². The van der Waals surface area contributed by atoms with Gasteiger partial charge in [-0.3, -0.25) is 14.6 Å². The number of pyridine rings is 1. The van der Waals surface area contributed by atoms with Crippen LogP contribution < -0.4 is 10.6 Å². The second-order valence-electron chi connectivity index (χ2n) is 4.64. The summed E-state index contributed by atoms with van der Waals surface area (Å²) in [7, 11) is 1.48. The van der Waals surface area contributed by atoms with Crippen molar-refractivity contribution >= 4 is 17.8 Å². The average molecular weight is 277 g/mol. The molecule has 20 heavy (non-hydrogen) atoms. The van der Waals surface area contributed by atoms with Gasteiger partial charge >= 0.3 is 5.97 Å². The summed E-state index contributed by atoms with van der Waals surface area (Å²) >= 11 is 0. The lowest BCUT2D eigenvalue weighted by Crippen LogP contribution is -2.42. The molecule has 2 amide bonds. The Morgan fingerprint density at radius 3 is 2.45 bits per heavy atom. The minimum Gasteiger partial charge on any atom is -0.480 e. The third-order valence-electron chi connectivity index (χ3n) is 3.13. The molecule has 0 radical (unpaired) electrons. The second kappa shape index (κ2) is 5.68. The molecule has 7 nitrogen and oxygen atoms in total. The highest BCUT2D eigenvalue weighted by atomic mass is 16.4. The molecule has 2 rings (SSSR count). The molecule has 1 aromatic rings. The molecule has 1 saturated carbocycles. The van der Waals surface area contributed by atoms with Gasteiger partial charge in [0.2, 0.25) is 0 Å². The molecule has 0 aliphatic heterocycles. The van der Waals surface area contributed by atoms with Crippen LogP contribution in [0.2, 0.25) is 0 Å². The number of carboxylic acids is 1. The van der Waals surface area contributed by atoms with E-state index in [2.05, 4.69) is 15.6 Å². The molecule has 1 unspecified atom stereocenters. The number of hydrogen-bond acceptors (Lipinski definition) is 4. The average Bonchev–Trinajstić information content (AvgIpc) is 3.28. The van der Waals surface area contributed by atoms with Crippen molar-refractivity contribution in [2.24, 2.45) is 5.92 Å². The summed E-state index contributed by atoms with van der Waals surface area (Å²) in [6, 6.07) is 2.00. The number of nitrogens with one attached hydrogen (secondary N) is 2. The first-order chi connectivity index (χ1) is 9.52. The maximum atomic E-state index is 11.9.